The number of hydrogen-bond acceptors (Lipinski definition) is 0. The molecule has 0 atom stereocenters. The van der Waals surface area contributed by atoms with Crippen LogP contribution in [0.3, 0.4) is 0 Å². The number of unbranched alkanes of at least 4 members (excludes halogenated alkanes) is 3. The molecule has 25 heavy (non-hydrogen) atoms. The summed E-state index contributed by atoms with van der Waals surface area (Å²) in [6, 6.07) is 7.12. The number of fused-ring (bicyclic) bond motifs is 1. The zero-order valence-corrected chi connectivity index (χ0v) is 14.5. The van der Waals surface area contributed by atoms with E-state index >= 15 is 0 Å². The molecule has 3 heteroatoms. The van der Waals surface area contributed by atoms with Crippen molar-refractivity contribution in [2.45, 2.75) is 51.9 Å². The first-order valence-electron chi connectivity index (χ1n) is 9.03. The normalized spacial score (nSPS) is 13.5. The summed E-state index contributed by atoms with van der Waals surface area (Å²) in [6.07, 6.45) is 9.47. The molecule has 132 valence electrons. The van der Waals surface area contributed by atoms with Gasteiger partial charge in [-0.2, -0.15) is 0 Å². The smallest absolute Gasteiger partial charge is 0.159 e. The minimum absolute atomic E-state index is 0.315. The molecule has 0 fully saturated rings. The van der Waals surface area contributed by atoms with Gasteiger partial charge in [0.25, 0.3) is 0 Å². The Labute approximate surface area is 147 Å². The van der Waals surface area contributed by atoms with Gasteiger partial charge in [-0.25, -0.2) is 13.2 Å². The second kappa shape index (κ2) is 7.90. The minimum Gasteiger partial charge on any atom is -0.206 e. The lowest BCUT2D eigenvalue weighted by molar-refractivity contribution is 0.509. The summed E-state index contributed by atoms with van der Waals surface area (Å²) in [5.74, 6) is -2.19. The van der Waals surface area contributed by atoms with E-state index in [1.807, 2.05) is 6.07 Å². The first-order chi connectivity index (χ1) is 12.1. The molecule has 2 aromatic rings. The van der Waals surface area contributed by atoms with Crippen LogP contribution in [0.2, 0.25) is 0 Å². The van der Waals surface area contributed by atoms with E-state index < -0.39 is 11.6 Å². The second-order valence-electron chi connectivity index (χ2n) is 6.75. The van der Waals surface area contributed by atoms with Gasteiger partial charge in [-0.05, 0) is 54.5 Å². The van der Waals surface area contributed by atoms with Crippen LogP contribution in [0.4, 0.5) is 13.2 Å². The molecule has 0 radical (unpaired) electrons. The fraction of sp³-hybridized carbons (Fsp3) is 0.364. The van der Waals surface area contributed by atoms with Gasteiger partial charge in [0.05, 0.1) is 0 Å². The summed E-state index contributed by atoms with van der Waals surface area (Å²) >= 11 is 0. The quantitative estimate of drug-likeness (QED) is 0.401. The summed E-state index contributed by atoms with van der Waals surface area (Å²) in [5, 5.41) is 0. The maximum atomic E-state index is 14.9. The lowest BCUT2D eigenvalue weighted by Crippen LogP contribution is -2.07. The van der Waals surface area contributed by atoms with E-state index in [1.54, 1.807) is 6.07 Å². The average Bonchev–Trinajstić information content (AvgIpc) is 2.61. The Bertz CT molecular complexity index is 790. The fourth-order valence-electron chi connectivity index (χ4n) is 3.47. The molecule has 0 bridgehead atoms. The first kappa shape index (κ1) is 17.8. The maximum absolute atomic E-state index is 14.9. The predicted molar refractivity (Wildman–Crippen MR) is 96.0 cm³/mol. The van der Waals surface area contributed by atoms with Crippen molar-refractivity contribution in [2.24, 2.45) is 0 Å². The summed E-state index contributed by atoms with van der Waals surface area (Å²) in [5.41, 5.74) is 3.77. The average molecular weight is 344 g/mol. The van der Waals surface area contributed by atoms with E-state index in [0.717, 1.165) is 30.5 Å². The minimum atomic E-state index is -0.955. The lowest BCUT2D eigenvalue weighted by Gasteiger charge is -2.19. The Morgan fingerprint density at radius 1 is 0.920 bits per heavy atom. The lowest BCUT2D eigenvalue weighted by atomic mass is 9.86. The van der Waals surface area contributed by atoms with Crippen LogP contribution < -0.4 is 0 Å². The van der Waals surface area contributed by atoms with Gasteiger partial charge in [0, 0.05) is 5.56 Å². The Balaban J connectivity index is 1.79. The molecule has 0 heterocycles. The van der Waals surface area contributed by atoms with Crippen molar-refractivity contribution in [3.63, 3.8) is 0 Å². The van der Waals surface area contributed by atoms with Crippen molar-refractivity contribution < 1.29 is 13.2 Å². The zero-order valence-electron chi connectivity index (χ0n) is 14.5. The third-order valence-electron chi connectivity index (χ3n) is 4.93. The van der Waals surface area contributed by atoms with Crippen molar-refractivity contribution in [3.05, 3.63) is 70.6 Å². The van der Waals surface area contributed by atoms with E-state index in [4.69, 9.17) is 0 Å². The number of hydrogen-bond donors (Lipinski definition) is 0. The molecule has 0 amide bonds. The molecule has 0 aliphatic heterocycles. The summed E-state index contributed by atoms with van der Waals surface area (Å²) in [6.45, 7) is 2.20. The summed E-state index contributed by atoms with van der Waals surface area (Å²) < 4.78 is 41.5. The Morgan fingerprint density at radius 3 is 2.52 bits per heavy atom. The monoisotopic (exact) mass is 344 g/mol. The van der Waals surface area contributed by atoms with E-state index in [9.17, 15) is 13.2 Å². The van der Waals surface area contributed by atoms with E-state index in [1.165, 1.54) is 37.3 Å². The third-order valence-corrected chi connectivity index (χ3v) is 4.93. The van der Waals surface area contributed by atoms with Crippen molar-refractivity contribution in [1.29, 1.82) is 0 Å². The highest BCUT2D eigenvalue weighted by Gasteiger charge is 2.18. The largest absolute Gasteiger partial charge is 0.206 e. The molecule has 3 rings (SSSR count). The highest BCUT2D eigenvalue weighted by Crippen LogP contribution is 2.32. The van der Waals surface area contributed by atoms with Gasteiger partial charge in [0.15, 0.2) is 11.6 Å². The molecule has 0 nitrogen and oxygen atoms in total. The highest BCUT2D eigenvalue weighted by molar-refractivity contribution is 5.66. The second-order valence-corrected chi connectivity index (χ2v) is 6.75. The SMILES string of the molecule is CCCCCCC1=CCc2c(ccc(-c3ccc(F)c(F)c3)c2F)C1. The van der Waals surface area contributed by atoms with Crippen LogP contribution in [0.5, 0.6) is 0 Å². The van der Waals surface area contributed by atoms with Crippen LogP contribution in [0.25, 0.3) is 11.1 Å². The van der Waals surface area contributed by atoms with Gasteiger partial charge in [-0.1, -0.05) is 56.0 Å². The molecule has 0 N–H and O–H groups in total. The number of halogens is 3. The van der Waals surface area contributed by atoms with E-state index in [0.29, 0.717) is 23.1 Å². The van der Waals surface area contributed by atoms with Gasteiger partial charge in [-0.15, -0.1) is 0 Å². The van der Waals surface area contributed by atoms with Gasteiger partial charge < -0.3 is 0 Å². The number of benzene rings is 2. The highest BCUT2D eigenvalue weighted by atomic mass is 19.2. The Kier molecular flexibility index (Phi) is 5.62. The molecule has 0 unspecified atom stereocenters. The van der Waals surface area contributed by atoms with Crippen LogP contribution in [0, 0.1) is 17.5 Å². The molecular formula is C22H23F3. The van der Waals surface area contributed by atoms with Gasteiger partial charge in [0.1, 0.15) is 5.82 Å². The van der Waals surface area contributed by atoms with Gasteiger partial charge >= 0.3 is 0 Å². The van der Waals surface area contributed by atoms with Gasteiger partial charge in [0.2, 0.25) is 0 Å². The van der Waals surface area contributed by atoms with Gasteiger partial charge in [-0.3, -0.25) is 0 Å². The van der Waals surface area contributed by atoms with Crippen molar-refractivity contribution in [1.82, 2.24) is 0 Å². The number of rotatable bonds is 6. The Morgan fingerprint density at radius 2 is 1.76 bits per heavy atom. The molecule has 0 saturated heterocycles. The number of allylic oxidation sites excluding steroid dienone is 2. The molecule has 2 aromatic carbocycles. The zero-order chi connectivity index (χ0) is 17.8. The van der Waals surface area contributed by atoms with E-state index in [2.05, 4.69) is 13.0 Å². The van der Waals surface area contributed by atoms with Crippen LogP contribution in [-0.4, -0.2) is 0 Å². The molecule has 0 aromatic heterocycles. The topological polar surface area (TPSA) is 0 Å². The molecule has 1 aliphatic rings. The van der Waals surface area contributed by atoms with Crippen LogP contribution in [0.1, 0.15) is 50.2 Å². The Hall–Kier alpha value is -2.03. The van der Waals surface area contributed by atoms with Crippen LogP contribution >= 0.6 is 0 Å². The van der Waals surface area contributed by atoms with Crippen molar-refractivity contribution in [3.8, 4) is 11.1 Å². The van der Waals surface area contributed by atoms with Crippen LogP contribution in [-0.2, 0) is 12.8 Å². The molecule has 1 aliphatic carbocycles. The van der Waals surface area contributed by atoms with E-state index in [-0.39, 0.29) is 5.82 Å². The van der Waals surface area contributed by atoms with Crippen molar-refractivity contribution in [2.75, 3.05) is 0 Å². The summed E-state index contributed by atoms with van der Waals surface area (Å²) in [7, 11) is 0. The molecule has 0 saturated carbocycles. The van der Waals surface area contributed by atoms with Crippen molar-refractivity contribution >= 4 is 0 Å². The molecule has 0 spiro atoms. The van der Waals surface area contributed by atoms with Crippen LogP contribution in [0.15, 0.2) is 42.0 Å². The standard InChI is InChI=1S/C22H23F3/c1-2-3-4-5-6-15-7-10-18-16(13-15)8-11-19(22(18)25)17-9-12-20(23)21(24)14-17/h7-9,11-12,14H,2-6,10,13H2,1H3. The maximum Gasteiger partial charge on any atom is 0.159 e. The third kappa shape index (κ3) is 3.97. The summed E-state index contributed by atoms with van der Waals surface area (Å²) in [4.78, 5) is 0. The molecular weight excluding hydrogens is 321 g/mol. The predicted octanol–water partition coefficient (Wildman–Crippen LogP) is 6.77. The first-order valence-corrected chi connectivity index (χ1v) is 9.03. The fourth-order valence-corrected chi connectivity index (χ4v) is 3.47.